The molecule has 12 nitrogen and oxygen atoms in total. The Hall–Kier alpha value is -3.71. The number of hydrogen-bond donors (Lipinski definition) is 4. The summed E-state index contributed by atoms with van der Waals surface area (Å²) in [5, 5.41) is 13.3. The number of rotatable bonds is 11. The molecule has 2 aromatic rings. The number of nitro groups is 1. The van der Waals surface area contributed by atoms with Gasteiger partial charge in [0, 0.05) is 24.4 Å². The number of sulfonamides is 1. The first-order valence-corrected chi connectivity index (χ1v) is 10.9. The van der Waals surface area contributed by atoms with Crippen LogP contribution in [0.2, 0.25) is 0 Å². The van der Waals surface area contributed by atoms with E-state index in [0.717, 1.165) is 0 Å². The average Bonchev–Trinajstić information content (AvgIpc) is 2.75. The van der Waals surface area contributed by atoms with Gasteiger partial charge in [0.15, 0.2) is 5.96 Å². The lowest BCUT2D eigenvalue weighted by molar-refractivity contribution is -0.384. The highest BCUT2D eigenvalue weighted by atomic mass is 32.2. The van der Waals surface area contributed by atoms with Crippen LogP contribution in [0, 0.1) is 10.1 Å². The molecule has 2 rings (SSSR count). The molecule has 32 heavy (non-hydrogen) atoms. The lowest BCUT2D eigenvalue weighted by Crippen LogP contribution is -2.44. The fraction of sp³-hybridized carbons (Fsp3) is 0.263. The molecule has 0 aliphatic rings. The number of carbonyl (C=O) groups is 1. The highest BCUT2D eigenvalue weighted by molar-refractivity contribution is 7.89. The van der Waals surface area contributed by atoms with Gasteiger partial charge in [-0.2, -0.15) is 4.72 Å². The number of nitrogens with zero attached hydrogens (tertiary/aromatic N) is 2. The number of nitro benzene ring substituents is 1. The number of para-hydroxylation sites is 1. The third kappa shape index (κ3) is 6.92. The van der Waals surface area contributed by atoms with Crippen molar-refractivity contribution < 1.29 is 22.9 Å². The number of anilines is 1. The van der Waals surface area contributed by atoms with Gasteiger partial charge in [-0.1, -0.05) is 12.1 Å². The van der Waals surface area contributed by atoms with Crippen molar-refractivity contribution in [1.29, 1.82) is 0 Å². The van der Waals surface area contributed by atoms with E-state index in [1.54, 1.807) is 6.07 Å². The number of nitrogens with one attached hydrogen (secondary N) is 2. The number of carbonyl (C=O) groups excluding carboxylic acids is 1. The zero-order chi connectivity index (χ0) is 23.7. The molecule has 0 heterocycles. The Morgan fingerprint density at radius 1 is 1.19 bits per heavy atom. The molecule has 0 bridgehead atoms. The maximum absolute atomic E-state index is 12.9. The quantitative estimate of drug-likeness (QED) is 0.124. The van der Waals surface area contributed by atoms with Gasteiger partial charge in [0.05, 0.1) is 12.0 Å². The molecular weight excluding hydrogens is 440 g/mol. The molecule has 172 valence electrons. The number of guanidine groups is 1. The number of aliphatic imine (C=N–C) groups is 1. The molecule has 0 saturated carbocycles. The molecule has 1 amide bonds. The SMILES string of the molecule is COc1ccccc1S(=O)(=O)N[C@@H](CCCN=C(N)N)C(=O)Nc1ccc([N+](=O)[O-])cc1. The molecule has 0 aromatic heterocycles. The Balaban J connectivity index is 2.23. The summed E-state index contributed by atoms with van der Waals surface area (Å²) < 4.78 is 33.3. The van der Waals surface area contributed by atoms with E-state index in [-0.39, 0.29) is 40.9 Å². The van der Waals surface area contributed by atoms with Crippen LogP contribution in [-0.2, 0) is 14.8 Å². The third-order valence-corrected chi connectivity index (χ3v) is 5.77. The smallest absolute Gasteiger partial charge is 0.269 e. The predicted molar refractivity (Wildman–Crippen MR) is 119 cm³/mol. The van der Waals surface area contributed by atoms with E-state index < -0.39 is 26.9 Å². The van der Waals surface area contributed by atoms with E-state index in [4.69, 9.17) is 16.2 Å². The van der Waals surface area contributed by atoms with Crippen molar-refractivity contribution in [2.24, 2.45) is 16.5 Å². The van der Waals surface area contributed by atoms with Gasteiger partial charge in [-0.15, -0.1) is 0 Å². The fourth-order valence-corrected chi connectivity index (χ4v) is 4.13. The van der Waals surface area contributed by atoms with E-state index >= 15 is 0 Å². The molecule has 1 atom stereocenters. The molecule has 6 N–H and O–H groups in total. The first kappa shape index (κ1) is 24.6. The maximum atomic E-state index is 12.9. The Labute approximate surface area is 184 Å². The van der Waals surface area contributed by atoms with Crippen molar-refractivity contribution in [2.45, 2.75) is 23.8 Å². The topological polar surface area (TPSA) is 192 Å². The van der Waals surface area contributed by atoms with Crippen LogP contribution in [0.4, 0.5) is 11.4 Å². The highest BCUT2D eigenvalue weighted by Gasteiger charge is 2.27. The van der Waals surface area contributed by atoms with Crippen LogP contribution >= 0.6 is 0 Å². The molecule has 0 aliphatic carbocycles. The minimum Gasteiger partial charge on any atom is -0.495 e. The summed E-state index contributed by atoms with van der Waals surface area (Å²) in [6, 6.07) is 9.96. The summed E-state index contributed by atoms with van der Waals surface area (Å²) >= 11 is 0. The second kappa shape index (κ2) is 11.1. The number of methoxy groups -OCH3 is 1. The van der Waals surface area contributed by atoms with Gasteiger partial charge in [0.1, 0.15) is 16.7 Å². The molecule has 0 aliphatic heterocycles. The number of benzene rings is 2. The first-order chi connectivity index (χ1) is 15.1. The summed E-state index contributed by atoms with van der Waals surface area (Å²) in [5.41, 5.74) is 10.7. The number of nitrogens with two attached hydrogens (primary N) is 2. The zero-order valence-corrected chi connectivity index (χ0v) is 18.0. The minimum absolute atomic E-state index is 0.0873. The van der Waals surface area contributed by atoms with Crippen LogP contribution in [0.5, 0.6) is 5.75 Å². The number of ether oxygens (including phenoxy) is 1. The third-order valence-electron chi connectivity index (χ3n) is 4.26. The van der Waals surface area contributed by atoms with E-state index in [1.165, 1.54) is 49.6 Å². The predicted octanol–water partition coefficient (Wildman–Crippen LogP) is 0.943. The molecule has 0 spiro atoms. The summed E-state index contributed by atoms with van der Waals surface area (Å²) in [4.78, 5) is 26.8. The molecule has 0 fully saturated rings. The van der Waals surface area contributed by atoms with Crippen molar-refractivity contribution in [3.05, 3.63) is 58.6 Å². The second-order valence-corrected chi connectivity index (χ2v) is 8.25. The van der Waals surface area contributed by atoms with Crippen LogP contribution in [0.15, 0.2) is 58.4 Å². The molecule has 0 radical (unpaired) electrons. The highest BCUT2D eigenvalue weighted by Crippen LogP contribution is 2.23. The first-order valence-electron chi connectivity index (χ1n) is 9.40. The number of hydrogen-bond acceptors (Lipinski definition) is 7. The van der Waals surface area contributed by atoms with Gasteiger partial charge in [-0.25, -0.2) is 8.42 Å². The Morgan fingerprint density at radius 3 is 2.44 bits per heavy atom. The van der Waals surface area contributed by atoms with Crippen LogP contribution < -0.4 is 26.2 Å². The summed E-state index contributed by atoms with van der Waals surface area (Å²) in [7, 11) is -2.79. The standard InChI is InChI=1S/C19H24N6O6S/c1-31-16-6-2-3-7-17(16)32(29,30)24-15(5-4-12-22-19(20)21)18(26)23-13-8-10-14(11-9-13)25(27)28/h2-3,6-11,15,24H,4-5,12H2,1H3,(H,23,26)(H4,20,21,22)/t15-/m0/s1. The van der Waals surface area contributed by atoms with E-state index in [1.807, 2.05) is 0 Å². The van der Waals surface area contributed by atoms with Crippen molar-refractivity contribution in [2.75, 3.05) is 19.0 Å². The van der Waals surface area contributed by atoms with Crippen molar-refractivity contribution >= 4 is 33.3 Å². The molecule has 13 heteroatoms. The summed E-state index contributed by atoms with van der Waals surface area (Å²) in [6.45, 7) is 0.194. The van der Waals surface area contributed by atoms with Gasteiger partial charge in [-0.05, 0) is 37.1 Å². The van der Waals surface area contributed by atoms with E-state index in [9.17, 15) is 23.3 Å². The number of non-ortho nitro benzene ring substituents is 1. The molecule has 0 saturated heterocycles. The maximum Gasteiger partial charge on any atom is 0.269 e. The molecule has 2 aromatic carbocycles. The fourth-order valence-electron chi connectivity index (χ4n) is 2.73. The van der Waals surface area contributed by atoms with Crippen molar-refractivity contribution in [3.63, 3.8) is 0 Å². The second-order valence-electron chi connectivity index (χ2n) is 6.57. The molecule has 0 unspecified atom stereocenters. The lowest BCUT2D eigenvalue weighted by atomic mass is 10.1. The van der Waals surface area contributed by atoms with Crippen LogP contribution in [0.25, 0.3) is 0 Å². The average molecular weight is 465 g/mol. The Morgan fingerprint density at radius 2 is 1.84 bits per heavy atom. The van der Waals surface area contributed by atoms with Gasteiger partial charge in [0.2, 0.25) is 15.9 Å². The monoisotopic (exact) mass is 464 g/mol. The zero-order valence-electron chi connectivity index (χ0n) is 17.2. The van der Waals surface area contributed by atoms with Gasteiger partial charge < -0.3 is 21.5 Å². The lowest BCUT2D eigenvalue weighted by Gasteiger charge is -2.19. The van der Waals surface area contributed by atoms with Crippen LogP contribution in [-0.4, -0.2) is 44.9 Å². The van der Waals surface area contributed by atoms with Crippen molar-refractivity contribution in [1.82, 2.24) is 4.72 Å². The van der Waals surface area contributed by atoms with E-state index in [0.29, 0.717) is 6.42 Å². The summed E-state index contributed by atoms with van der Waals surface area (Å²) in [6.07, 6.45) is 0.397. The van der Waals surface area contributed by atoms with Gasteiger partial charge in [-0.3, -0.25) is 19.9 Å². The van der Waals surface area contributed by atoms with Crippen LogP contribution in [0.3, 0.4) is 0 Å². The Bertz CT molecular complexity index is 1080. The Kier molecular flexibility index (Phi) is 8.49. The van der Waals surface area contributed by atoms with Gasteiger partial charge >= 0.3 is 0 Å². The number of amides is 1. The minimum atomic E-state index is -4.12. The largest absolute Gasteiger partial charge is 0.495 e. The van der Waals surface area contributed by atoms with E-state index in [2.05, 4.69) is 15.0 Å². The summed E-state index contributed by atoms with van der Waals surface area (Å²) in [5.74, 6) is -0.649. The normalized spacial score (nSPS) is 11.9. The molecular formula is C19H24N6O6S. The van der Waals surface area contributed by atoms with Gasteiger partial charge in [0.25, 0.3) is 5.69 Å². The van der Waals surface area contributed by atoms with Crippen LogP contribution in [0.1, 0.15) is 12.8 Å². The van der Waals surface area contributed by atoms with Crippen molar-refractivity contribution in [3.8, 4) is 5.75 Å².